The van der Waals surface area contributed by atoms with Gasteiger partial charge in [-0.2, -0.15) is 0 Å². The summed E-state index contributed by atoms with van der Waals surface area (Å²) >= 11 is 1.77. The number of nitrogens with two attached hydrogens (primary N) is 2. The number of carbonyl (C=O) groups excluding carboxylic acids is 2. The lowest BCUT2D eigenvalue weighted by Crippen LogP contribution is -2.49. The van der Waals surface area contributed by atoms with E-state index in [0.29, 0.717) is 5.56 Å². The van der Waals surface area contributed by atoms with Crippen molar-refractivity contribution in [1.82, 2.24) is 15.2 Å². The zero-order valence-corrected chi connectivity index (χ0v) is 15.0. The predicted octanol–water partition coefficient (Wildman–Crippen LogP) is 0.813. The van der Waals surface area contributed by atoms with Gasteiger partial charge in [-0.25, -0.2) is 4.98 Å². The molecule has 3 rings (SSSR count). The Labute approximate surface area is 151 Å². The van der Waals surface area contributed by atoms with Gasteiger partial charge in [0, 0.05) is 24.5 Å². The summed E-state index contributed by atoms with van der Waals surface area (Å²) in [6, 6.07) is 3.03. The maximum Gasteiger partial charge on any atom is 0.255 e. The van der Waals surface area contributed by atoms with Crippen molar-refractivity contribution in [3.63, 3.8) is 0 Å². The molecule has 0 radical (unpaired) electrons. The number of carbonyl (C=O) groups is 2. The molecule has 1 saturated heterocycles. The van der Waals surface area contributed by atoms with E-state index in [4.69, 9.17) is 11.5 Å². The van der Waals surface area contributed by atoms with Gasteiger partial charge in [0.2, 0.25) is 5.91 Å². The van der Waals surface area contributed by atoms with Crippen molar-refractivity contribution in [1.29, 1.82) is 0 Å². The van der Waals surface area contributed by atoms with Crippen molar-refractivity contribution in [2.75, 3.05) is 23.9 Å². The van der Waals surface area contributed by atoms with Gasteiger partial charge in [0.15, 0.2) is 0 Å². The maximum absolute atomic E-state index is 12.4. The monoisotopic (exact) mass is 363 g/mol. The first kappa shape index (κ1) is 18.0. The Morgan fingerprint density at radius 1 is 1.32 bits per heavy atom. The van der Waals surface area contributed by atoms with Crippen molar-refractivity contribution in [2.45, 2.75) is 37.8 Å². The number of rotatable bonds is 4. The molecule has 0 spiro atoms. The molecular formula is C17H25N5O2S. The number of anilines is 1. The lowest BCUT2D eigenvalue weighted by molar-refractivity contribution is -0.132. The smallest absolute Gasteiger partial charge is 0.255 e. The SMILES string of the molecule is Nc1ncccc1C(=O)N[C@H]1CC[C@H]([C@H](N)C(=O)N2CCSC2)CC1. The van der Waals surface area contributed by atoms with Gasteiger partial charge >= 0.3 is 0 Å². The van der Waals surface area contributed by atoms with Crippen molar-refractivity contribution in [3.8, 4) is 0 Å². The van der Waals surface area contributed by atoms with Gasteiger partial charge in [-0.3, -0.25) is 9.59 Å². The largest absolute Gasteiger partial charge is 0.383 e. The molecule has 1 aliphatic heterocycles. The van der Waals surface area contributed by atoms with Crippen LogP contribution in [0.4, 0.5) is 5.82 Å². The Bertz CT molecular complexity index is 627. The summed E-state index contributed by atoms with van der Waals surface area (Å²) in [5, 5.41) is 3.02. The van der Waals surface area contributed by atoms with E-state index in [0.717, 1.165) is 43.9 Å². The average Bonchev–Trinajstić information content (AvgIpc) is 3.16. The van der Waals surface area contributed by atoms with Crippen molar-refractivity contribution >= 4 is 29.4 Å². The molecule has 1 atom stereocenters. The fraction of sp³-hybridized carbons (Fsp3) is 0.588. The molecular weight excluding hydrogens is 338 g/mol. The number of nitrogen functional groups attached to an aromatic ring is 1. The highest BCUT2D eigenvalue weighted by Crippen LogP contribution is 2.28. The third-order valence-corrected chi connectivity index (χ3v) is 6.01. The van der Waals surface area contributed by atoms with Gasteiger partial charge in [-0.1, -0.05) is 0 Å². The maximum atomic E-state index is 12.4. The highest BCUT2D eigenvalue weighted by atomic mass is 32.2. The number of aromatic nitrogens is 1. The minimum atomic E-state index is -0.427. The van der Waals surface area contributed by atoms with Gasteiger partial charge < -0.3 is 21.7 Å². The van der Waals surface area contributed by atoms with Crippen molar-refractivity contribution in [3.05, 3.63) is 23.9 Å². The zero-order valence-electron chi connectivity index (χ0n) is 14.2. The summed E-state index contributed by atoms with van der Waals surface area (Å²) in [4.78, 5) is 30.5. The number of pyridine rings is 1. The van der Waals surface area contributed by atoms with Gasteiger partial charge in [0.25, 0.3) is 5.91 Å². The van der Waals surface area contributed by atoms with Crippen molar-refractivity contribution in [2.24, 2.45) is 11.7 Å². The number of hydrogen-bond acceptors (Lipinski definition) is 6. The molecule has 0 unspecified atom stereocenters. The molecule has 2 heterocycles. The summed E-state index contributed by atoms with van der Waals surface area (Å²) in [5.41, 5.74) is 12.4. The second-order valence-electron chi connectivity index (χ2n) is 6.69. The molecule has 5 N–H and O–H groups in total. The van der Waals surface area contributed by atoms with Crippen LogP contribution in [-0.4, -0.2) is 52.0 Å². The summed E-state index contributed by atoms with van der Waals surface area (Å²) in [5.74, 6) is 2.06. The zero-order chi connectivity index (χ0) is 17.8. The Kier molecular flexibility index (Phi) is 5.80. The van der Waals surface area contributed by atoms with Crippen molar-refractivity contribution < 1.29 is 9.59 Å². The highest BCUT2D eigenvalue weighted by molar-refractivity contribution is 7.99. The third kappa shape index (κ3) is 4.24. The number of nitrogens with zero attached hydrogens (tertiary/aromatic N) is 2. The molecule has 2 amide bonds. The van der Waals surface area contributed by atoms with Gasteiger partial charge in [-0.05, 0) is 43.7 Å². The Hall–Kier alpha value is -1.80. The number of nitrogens with one attached hydrogen (secondary N) is 1. The minimum Gasteiger partial charge on any atom is -0.383 e. The second kappa shape index (κ2) is 8.05. The van der Waals surface area contributed by atoms with E-state index in [1.807, 2.05) is 4.90 Å². The first-order valence-electron chi connectivity index (χ1n) is 8.69. The molecule has 1 aromatic heterocycles. The van der Waals surface area contributed by atoms with Crippen LogP contribution < -0.4 is 16.8 Å². The summed E-state index contributed by atoms with van der Waals surface area (Å²) in [7, 11) is 0. The van der Waals surface area contributed by atoms with Crippen LogP contribution in [0.2, 0.25) is 0 Å². The number of thioether (sulfide) groups is 1. The average molecular weight is 363 g/mol. The van der Waals surface area contributed by atoms with E-state index >= 15 is 0 Å². The first-order valence-corrected chi connectivity index (χ1v) is 9.85. The van der Waals surface area contributed by atoms with Crippen LogP contribution in [0.15, 0.2) is 18.3 Å². The molecule has 2 aliphatic rings. The molecule has 25 heavy (non-hydrogen) atoms. The predicted molar refractivity (Wildman–Crippen MR) is 98.9 cm³/mol. The fourth-order valence-corrected chi connectivity index (χ4v) is 4.45. The fourth-order valence-electron chi connectivity index (χ4n) is 3.50. The number of hydrogen-bond donors (Lipinski definition) is 3. The molecule has 1 aliphatic carbocycles. The molecule has 7 nitrogen and oxygen atoms in total. The highest BCUT2D eigenvalue weighted by Gasteiger charge is 2.33. The summed E-state index contributed by atoms with van der Waals surface area (Å²) in [6.45, 7) is 0.801. The van der Waals surface area contributed by atoms with E-state index in [1.165, 1.54) is 0 Å². The molecule has 0 bridgehead atoms. The summed E-state index contributed by atoms with van der Waals surface area (Å²) in [6.07, 6.45) is 4.91. The van der Waals surface area contributed by atoms with Gasteiger partial charge in [-0.15, -0.1) is 11.8 Å². The lowest BCUT2D eigenvalue weighted by atomic mass is 9.81. The van der Waals surface area contributed by atoms with E-state index in [-0.39, 0.29) is 29.6 Å². The molecule has 1 saturated carbocycles. The molecule has 1 aromatic rings. The molecule has 2 fully saturated rings. The molecule has 8 heteroatoms. The van der Waals surface area contributed by atoms with E-state index in [2.05, 4.69) is 10.3 Å². The van der Waals surface area contributed by atoms with Crippen LogP contribution >= 0.6 is 11.8 Å². The summed E-state index contributed by atoms with van der Waals surface area (Å²) < 4.78 is 0. The Balaban J connectivity index is 1.49. The Morgan fingerprint density at radius 3 is 2.72 bits per heavy atom. The normalized spacial score (nSPS) is 24.8. The lowest BCUT2D eigenvalue weighted by Gasteiger charge is -2.33. The molecule has 136 valence electrons. The van der Waals surface area contributed by atoms with Crippen LogP contribution in [0.25, 0.3) is 0 Å². The van der Waals surface area contributed by atoms with Gasteiger partial charge in [0.1, 0.15) is 5.82 Å². The first-order chi connectivity index (χ1) is 12.1. The van der Waals surface area contributed by atoms with Crippen LogP contribution in [0, 0.1) is 5.92 Å². The van der Waals surface area contributed by atoms with Crippen LogP contribution in [0.1, 0.15) is 36.0 Å². The standard InChI is InChI=1S/C17H25N5O2S/c18-14(17(24)22-8-9-25-10-22)11-3-5-12(6-4-11)21-16(23)13-2-1-7-20-15(13)19/h1-2,7,11-12,14H,3-6,8-10,18H2,(H2,19,20)(H,21,23)/t11-,12-,14-/m0/s1. The third-order valence-electron chi connectivity index (χ3n) is 5.05. The number of amides is 2. The quantitative estimate of drug-likeness (QED) is 0.729. The Morgan fingerprint density at radius 2 is 2.08 bits per heavy atom. The van der Waals surface area contributed by atoms with Crippen LogP contribution in [-0.2, 0) is 4.79 Å². The van der Waals surface area contributed by atoms with Gasteiger partial charge in [0.05, 0.1) is 17.5 Å². The topological polar surface area (TPSA) is 114 Å². The second-order valence-corrected chi connectivity index (χ2v) is 7.76. The van der Waals surface area contributed by atoms with Crippen LogP contribution in [0.3, 0.4) is 0 Å². The van der Waals surface area contributed by atoms with Crippen LogP contribution in [0.5, 0.6) is 0 Å². The molecule has 0 aromatic carbocycles. The van der Waals surface area contributed by atoms with E-state index < -0.39 is 6.04 Å². The minimum absolute atomic E-state index is 0.0700. The van der Waals surface area contributed by atoms with E-state index in [9.17, 15) is 9.59 Å². The van der Waals surface area contributed by atoms with E-state index in [1.54, 1.807) is 30.1 Å².